The van der Waals surface area contributed by atoms with Crippen LogP contribution in [0, 0.1) is 5.82 Å². The van der Waals surface area contributed by atoms with Crippen molar-refractivity contribution in [3.8, 4) is 28.1 Å². The van der Waals surface area contributed by atoms with Gasteiger partial charge in [0.15, 0.2) is 0 Å². The number of carbonyl (C=O) groups excluding carboxylic acids is 1. The van der Waals surface area contributed by atoms with Crippen molar-refractivity contribution >= 4 is 22.8 Å². The molecular weight excluding hydrogens is 419 g/mol. The number of hydrogen-bond donors (Lipinski definition) is 1. The highest BCUT2D eigenvalue weighted by molar-refractivity contribution is 5.89. The average molecular weight is 440 g/mol. The van der Waals surface area contributed by atoms with Gasteiger partial charge in [-0.05, 0) is 48.4 Å². The second kappa shape index (κ2) is 8.31. The maximum atomic E-state index is 14.5. The molecule has 0 unspecified atom stereocenters. The monoisotopic (exact) mass is 440 g/mol. The number of aromatic nitrogens is 5. The Morgan fingerprint density at radius 1 is 1.06 bits per heavy atom. The number of nitrogens with zero attached hydrogens (tertiary/aromatic N) is 5. The Labute approximate surface area is 189 Å². The van der Waals surface area contributed by atoms with Crippen molar-refractivity contribution in [1.29, 1.82) is 0 Å². The van der Waals surface area contributed by atoms with E-state index >= 15 is 0 Å². The van der Waals surface area contributed by atoms with E-state index in [-0.39, 0.29) is 11.7 Å². The van der Waals surface area contributed by atoms with Gasteiger partial charge < -0.3 is 5.32 Å². The summed E-state index contributed by atoms with van der Waals surface area (Å²) in [6.07, 6.45) is 5.51. The van der Waals surface area contributed by atoms with Crippen molar-refractivity contribution in [3.63, 3.8) is 0 Å². The van der Waals surface area contributed by atoms with E-state index in [1.165, 1.54) is 13.0 Å². The predicted molar refractivity (Wildman–Crippen MR) is 125 cm³/mol. The highest BCUT2D eigenvalue weighted by Crippen LogP contribution is 2.29. The Morgan fingerprint density at radius 2 is 1.91 bits per heavy atom. The third-order valence-corrected chi connectivity index (χ3v) is 5.39. The van der Waals surface area contributed by atoms with Crippen molar-refractivity contribution in [2.45, 2.75) is 20.4 Å². The minimum atomic E-state index is -0.351. The number of nitrogens with one attached hydrogen (secondary N) is 1. The molecule has 0 fully saturated rings. The Balaban J connectivity index is 1.62. The number of pyridine rings is 1. The summed E-state index contributed by atoms with van der Waals surface area (Å²) in [5.41, 5.74) is 4.68. The summed E-state index contributed by atoms with van der Waals surface area (Å²) in [5.74, 6) is 0.250. The number of carbonyl (C=O) groups is 1. The molecule has 0 aliphatic rings. The fourth-order valence-electron chi connectivity index (χ4n) is 3.80. The summed E-state index contributed by atoms with van der Waals surface area (Å²) in [7, 11) is 0. The maximum Gasteiger partial charge on any atom is 0.222 e. The molecule has 5 aromatic rings. The molecule has 0 atom stereocenters. The van der Waals surface area contributed by atoms with Gasteiger partial charge in [-0.15, -0.1) is 0 Å². The first-order chi connectivity index (χ1) is 16.0. The Hall–Kier alpha value is -4.33. The number of hydrogen-bond acceptors (Lipinski definition) is 4. The second-order valence-electron chi connectivity index (χ2n) is 7.66. The van der Waals surface area contributed by atoms with Crippen LogP contribution in [0.3, 0.4) is 0 Å². The molecule has 8 heteroatoms. The van der Waals surface area contributed by atoms with E-state index in [4.69, 9.17) is 0 Å². The Bertz CT molecular complexity index is 1490. The molecule has 0 saturated heterocycles. The quantitative estimate of drug-likeness (QED) is 0.414. The third kappa shape index (κ3) is 3.98. The zero-order valence-electron chi connectivity index (χ0n) is 18.2. The predicted octanol–water partition coefficient (Wildman–Crippen LogP) is 5.07. The van der Waals surface area contributed by atoms with Gasteiger partial charge >= 0.3 is 0 Å². The summed E-state index contributed by atoms with van der Waals surface area (Å²) >= 11 is 0. The van der Waals surface area contributed by atoms with Crippen LogP contribution in [0.15, 0.2) is 73.3 Å². The number of benzene rings is 2. The van der Waals surface area contributed by atoms with Gasteiger partial charge in [-0.1, -0.05) is 24.3 Å². The van der Waals surface area contributed by atoms with Gasteiger partial charge in [0.1, 0.15) is 23.8 Å². The van der Waals surface area contributed by atoms with Crippen LogP contribution in [-0.4, -0.2) is 30.2 Å². The number of fused-ring (bicyclic) bond motifs is 1. The van der Waals surface area contributed by atoms with E-state index in [1.807, 2.05) is 46.8 Å². The van der Waals surface area contributed by atoms with Gasteiger partial charge in [0.2, 0.25) is 5.91 Å². The Kier molecular flexibility index (Phi) is 5.18. The van der Waals surface area contributed by atoms with Gasteiger partial charge in [0, 0.05) is 30.8 Å². The van der Waals surface area contributed by atoms with Crippen LogP contribution in [0.1, 0.15) is 13.8 Å². The van der Waals surface area contributed by atoms with Crippen LogP contribution in [0.2, 0.25) is 0 Å². The summed E-state index contributed by atoms with van der Waals surface area (Å²) in [4.78, 5) is 20.8. The van der Waals surface area contributed by atoms with Crippen molar-refractivity contribution in [1.82, 2.24) is 24.3 Å². The zero-order valence-corrected chi connectivity index (χ0v) is 18.2. The molecule has 0 saturated carbocycles. The minimum Gasteiger partial charge on any atom is -0.311 e. The van der Waals surface area contributed by atoms with E-state index < -0.39 is 0 Å². The maximum absolute atomic E-state index is 14.5. The molecular formula is C25H21FN6O. The normalized spacial score (nSPS) is 11.1. The summed E-state index contributed by atoms with van der Waals surface area (Å²) in [5, 5.41) is 7.05. The fraction of sp³-hybridized carbons (Fsp3) is 0.120. The standard InChI is InChI=1S/C25H21FN6O/c1-3-31-14-19(13-28-31)17-8-9-23-22(10-17)27-15-32(23)25-12-18(11-24(30-25)29-16(2)33)20-6-4-5-7-21(20)26/h4-15H,3H2,1-2H3,(H,29,30,33). The van der Waals surface area contributed by atoms with Crippen molar-refractivity contribution in [2.24, 2.45) is 0 Å². The molecule has 2 aromatic carbocycles. The summed E-state index contributed by atoms with van der Waals surface area (Å²) < 4.78 is 18.2. The van der Waals surface area contributed by atoms with Crippen molar-refractivity contribution < 1.29 is 9.18 Å². The number of anilines is 1. The lowest BCUT2D eigenvalue weighted by Crippen LogP contribution is -2.09. The molecule has 5 rings (SSSR count). The highest BCUT2D eigenvalue weighted by atomic mass is 19.1. The number of halogens is 1. The topological polar surface area (TPSA) is 77.6 Å². The van der Waals surface area contributed by atoms with Crippen LogP contribution in [0.5, 0.6) is 0 Å². The lowest BCUT2D eigenvalue weighted by molar-refractivity contribution is -0.114. The van der Waals surface area contributed by atoms with E-state index in [2.05, 4.69) is 20.4 Å². The second-order valence-corrected chi connectivity index (χ2v) is 7.66. The van der Waals surface area contributed by atoms with Gasteiger partial charge in [0.25, 0.3) is 0 Å². The lowest BCUT2D eigenvalue weighted by Gasteiger charge is -2.11. The molecule has 0 bridgehead atoms. The molecule has 33 heavy (non-hydrogen) atoms. The molecule has 0 radical (unpaired) electrons. The lowest BCUT2D eigenvalue weighted by atomic mass is 10.1. The molecule has 0 aliphatic heterocycles. The molecule has 0 spiro atoms. The van der Waals surface area contributed by atoms with Crippen LogP contribution in [0.4, 0.5) is 10.2 Å². The van der Waals surface area contributed by atoms with E-state index in [0.717, 1.165) is 28.7 Å². The Morgan fingerprint density at radius 3 is 2.67 bits per heavy atom. The van der Waals surface area contributed by atoms with Crippen molar-refractivity contribution in [3.05, 3.63) is 79.1 Å². The van der Waals surface area contributed by atoms with Crippen LogP contribution < -0.4 is 5.32 Å². The number of rotatable bonds is 5. The van der Waals surface area contributed by atoms with Gasteiger partial charge in [0.05, 0.1) is 17.2 Å². The number of amides is 1. The molecule has 1 amide bonds. The van der Waals surface area contributed by atoms with Crippen LogP contribution in [0.25, 0.3) is 39.1 Å². The number of aryl methyl sites for hydroxylation is 1. The van der Waals surface area contributed by atoms with Gasteiger partial charge in [-0.3, -0.25) is 14.0 Å². The fourth-order valence-corrected chi connectivity index (χ4v) is 3.80. The van der Waals surface area contributed by atoms with E-state index in [1.54, 1.807) is 36.7 Å². The smallest absolute Gasteiger partial charge is 0.222 e. The van der Waals surface area contributed by atoms with Crippen LogP contribution >= 0.6 is 0 Å². The van der Waals surface area contributed by atoms with Gasteiger partial charge in [-0.25, -0.2) is 14.4 Å². The molecule has 3 heterocycles. The molecule has 3 aromatic heterocycles. The molecule has 1 N–H and O–H groups in total. The largest absolute Gasteiger partial charge is 0.311 e. The number of imidazole rings is 1. The first-order valence-electron chi connectivity index (χ1n) is 10.6. The highest BCUT2D eigenvalue weighted by Gasteiger charge is 2.13. The summed E-state index contributed by atoms with van der Waals surface area (Å²) in [6.45, 7) is 4.25. The van der Waals surface area contributed by atoms with Crippen molar-refractivity contribution in [2.75, 3.05) is 5.32 Å². The van der Waals surface area contributed by atoms with Gasteiger partial charge in [-0.2, -0.15) is 5.10 Å². The first-order valence-corrected chi connectivity index (χ1v) is 10.6. The molecule has 0 aliphatic carbocycles. The average Bonchev–Trinajstić information content (AvgIpc) is 3.45. The van der Waals surface area contributed by atoms with E-state index in [9.17, 15) is 9.18 Å². The minimum absolute atomic E-state index is 0.258. The third-order valence-electron chi connectivity index (χ3n) is 5.39. The summed E-state index contributed by atoms with van der Waals surface area (Å²) in [6, 6.07) is 15.9. The van der Waals surface area contributed by atoms with E-state index in [0.29, 0.717) is 22.8 Å². The van der Waals surface area contributed by atoms with Crippen LogP contribution in [-0.2, 0) is 11.3 Å². The zero-order chi connectivity index (χ0) is 22.9. The molecule has 7 nitrogen and oxygen atoms in total. The molecule has 164 valence electrons. The first kappa shape index (κ1) is 20.6. The SMILES string of the molecule is CCn1cc(-c2ccc3c(c2)ncn3-c2cc(-c3ccccc3F)cc(NC(C)=O)n2)cn1.